The highest BCUT2D eigenvalue weighted by molar-refractivity contribution is 5.91. The van der Waals surface area contributed by atoms with E-state index in [2.05, 4.69) is 22.4 Å². The zero-order valence-corrected chi connectivity index (χ0v) is 13.0. The van der Waals surface area contributed by atoms with Crippen LogP contribution in [0, 0.1) is 0 Å². The lowest BCUT2D eigenvalue weighted by Gasteiger charge is -2.16. The molecule has 1 amide bonds. The summed E-state index contributed by atoms with van der Waals surface area (Å²) in [5, 5.41) is 6.89. The Morgan fingerprint density at radius 1 is 1.48 bits per heavy atom. The molecule has 0 aliphatic heterocycles. The Labute approximate surface area is 124 Å². The number of amides is 1. The van der Waals surface area contributed by atoms with E-state index < -0.39 is 0 Å². The van der Waals surface area contributed by atoms with Gasteiger partial charge in [0, 0.05) is 25.5 Å². The van der Waals surface area contributed by atoms with Crippen LogP contribution >= 0.6 is 0 Å². The summed E-state index contributed by atoms with van der Waals surface area (Å²) in [5.74, 6) is 1.06. The predicted octanol–water partition coefficient (Wildman–Crippen LogP) is 2.80. The lowest BCUT2D eigenvalue weighted by atomic mass is 10.1. The second kappa shape index (κ2) is 6.56. The van der Waals surface area contributed by atoms with E-state index in [0.29, 0.717) is 0 Å². The summed E-state index contributed by atoms with van der Waals surface area (Å²) >= 11 is 0. The van der Waals surface area contributed by atoms with Gasteiger partial charge in [0.05, 0.1) is 11.7 Å². The zero-order valence-electron chi connectivity index (χ0n) is 13.0. The van der Waals surface area contributed by atoms with E-state index in [4.69, 9.17) is 4.52 Å². The van der Waals surface area contributed by atoms with E-state index >= 15 is 0 Å². The fourth-order valence-electron chi connectivity index (χ4n) is 2.16. The Balaban J connectivity index is 2.12. The maximum atomic E-state index is 12.3. The average molecular weight is 290 g/mol. The smallest absolute Gasteiger partial charge is 0.290 e. The molecule has 2 aromatic heterocycles. The summed E-state index contributed by atoms with van der Waals surface area (Å²) in [6, 6.07) is 1.57. The molecule has 0 aromatic carbocycles. The van der Waals surface area contributed by atoms with Crippen LogP contribution < -0.4 is 5.32 Å². The third-order valence-electron chi connectivity index (χ3n) is 3.40. The second-order valence-corrected chi connectivity index (χ2v) is 5.48. The Hall–Kier alpha value is -2.11. The van der Waals surface area contributed by atoms with Crippen LogP contribution in [0.2, 0.25) is 0 Å². The van der Waals surface area contributed by atoms with Crippen molar-refractivity contribution >= 4 is 5.91 Å². The van der Waals surface area contributed by atoms with Crippen molar-refractivity contribution in [2.45, 2.75) is 45.6 Å². The van der Waals surface area contributed by atoms with Crippen LogP contribution in [0.15, 0.2) is 23.0 Å². The summed E-state index contributed by atoms with van der Waals surface area (Å²) < 4.78 is 7.04. The van der Waals surface area contributed by atoms with E-state index in [1.807, 2.05) is 31.7 Å². The molecule has 2 heterocycles. The van der Waals surface area contributed by atoms with E-state index in [9.17, 15) is 4.79 Å². The SMILES string of the molecule is CCC[C@@H](NC(=O)c1cc(C(C)C)no1)c1nccn1C. The molecule has 114 valence electrons. The molecule has 0 saturated heterocycles. The highest BCUT2D eigenvalue weighted by atomic mass is 16.5. The van der Waals surface area contributed by atoms with Crippen LogP contribution in [0.5, 0.6) is 0 Å². The molecule has 0 unspecified atom stereocenters. The standard InChI is InChI=1S/C15H22N4O2/c1-5-6-11(14-16-7-8-19(14)4)17-15(20)13-9-12(10(2)3)18-21-13/h7-11H,5-6H2,1-4H3,(H,17,20)/t11-/m1/s1. The number of imidazole rings is 1. The first-order valence-corrected chi connectivity index (χ1v) is 7.27. The zero-order chi connectivity index (χ0) is 15.4. The summed E-state index contributed by atoms with van der Waals surface area (Å²) in [5.41, 5.74) is 0.782. The molecular formula is C15H22N4O2. The van der Waals surface area contributed by atoms with Gasteiger partial charge in [-0.25, -0.2) is 4.98 Å². The first kappa shape index (κ1) is 15.3. The Bertz CT molecular complexity index is 600. The third kappa shape index (κ3) is 3.51. The number of aryl methyl sites for hydroxylation is 1. The van der Waals surface area contributed by atoms with Gasteiger partial charge in [0.2, 0.25) is 5.76 Å². The fraction of sp³-hybridized carbons (Fsp3) is 0.533. The Morgan fingerprint density at radius 2 is 2.24 bits per heavy atom. The fourth-order valence-corrected chi connectivity index (χ4v) is 2.16. The van der Waals surface area contributed by atoms with E-state index in [1.165, 1.54) is 0 Å². The minimum atomic E-state index is -0.254. The van der Waals surface area contributed by atoms with Gasteiger partial charge in [-0.3, -0.25) is 4.79 Å². The topological polar surface area (TPSA) is 73.0 Å². The number of rotatable bonds is 6. The van der Waals surface area contributed by atoms with Crippen molar-refractivity contribution < 1.29 is 9.32 Å². The summed E-state index contributed by atoms with van der Waals surface area (Å²) in [7, 11) is 1.92. The van der Waals surface area contributed by atoms with Crippen LogP contribution in [0.4, 0.5) is 0 Å². The molecule has 1 atom stereocenters. The summed E-state index contributed by atoms with van der Waals surface area (Å²) in [6.07, 6.45) is 5.37. The first-order valence-electron chi connectivity index (χ1n) is 7.27. The van der Waals surface area contributed by atoms with Crippen LogP contribution in [-0.4, -0.2) is 20.6 Å². The number of hydrogen-bond acceptors (Lipinski definition) is 4. The number of hydrogen-bond donors (Lipinski definition) is 1. The minimum Gasteiger partial charge on any atom is -0.351 e. The maximum absolute atomic E-state index is 12.3. The second-order valence-electron chi connectivity index (χ2n) is 5.48. The highest BCUT2D eigenvalue weighted by Crippen LogP contribution is 2.18. The molecule has 0 spiro atoms. The molecule has 6 heteroatoms. The predicted molar refractivity (Wildman–Crippen MR) is 78.9 cm³/mol. The van der Waals surface area contributed by atoms with Crippen LogP contribution in [0.25, 0.3) is 0 Å². The summed E-state index contributed by atoms with van der Waals surface area (Å²) in [4.78, 5) is 16.6. The number of carbonyl (C=O) groups excluding carboxylic acids is 1. The van der Waals surface area contributed by atoms with Gasteiger partial charge in [-0.2, -0.15) is 0 Å². The van der Waals surface area contributed by atoms with E-state index in [-0.39, 0.29) is 23.6 Å². The molecule has 2 rings (SSSR count). The van der Waals surface area contributed by atoms with Crippen molar-refractivity contribution in [2.75, 3.05) is 0 Å². The largest absolute Gasteiger partial charge is 0.351 e. The highest BCUT2D eigenvalue weighted by Gasteiger charge is 2.21. The number of aromatic nitrogens is 3. The van der Waals surface area contributed by atoms with E-state index in [1.54, 1.807) is 12.3 Å². The Morgan fingerprint density at radius 3 is 2.76 bits per heavy atom. The molecule has 2 aromatic rings. The average Bonchev–Trinajstić information content (AvgIpc) is 3.06. The van der Waals surface area contributed by atoms with Crippen LogP contribution in [0.3, 0.4) is 0 Å². The first-order chi connectivity index (χ1) is 10.0. The van der Waals surface area contributed by atoms with Crippen LogP contribution in [0.1, 0.15) is 67.6 Å². The van der Waals surface area contributed by atoms with Crippen molar-refractivity contribution in [3.63, 3.8) is 0 Å². The van der Waals surface area contributed by atoms with Gasteiger partial charge in [0.1, 0.15) is 5.82 Å². The molecule has 0 aliphatic rings. The molecule has 0 fully saturated rings. The molecule has 0 saturated carbocycles. The molecule has 6 nitrogen and oxygen atoms in total. The molecule has 0 aliphatic carbocycles. The van der Waals surface area contributed by atoms with Crippen molar-refractivity contribution in [3.05, 3.63) is 35.7 Å². The van der Waals surface area contributed by atoms with Crippen molar-refractivity contribution in [1.29, 1.82) is 0 Å². The van der Waals surface area contributed by atoms with Crippen molar-refractivity contribution in [2.24, 2.45) is 7.05 Å². The number of carbonyl (C=O) groups is 1. The number of nitrogens with zero attached hydrogens (tertiary/aromatic N) is 3. The van der Waals surface area contributed by atoms with Crippen molar-refractivity contribution in [3.8, 4) is 0 Å². The molecule has 0 bridgehead atoms. The molecule has 0 radical (unpaired) electrons. The molecule has 1 N–H and O–H groups in total. The molecular weight excluding hydrogens is 268 g/mol. The van der Waals surface area contributed by atoms with Gasteiger partial charge in [0.25, 0.3) is 5.91 Å². The molecule has 21 heavy (non-hydrogen) atoms. The van der Waals surface area contributed by atoms with Gasteiger partial charge >= 0.3 is 0 Å². The van der Waals surface area contributed by atoms with Gasteiger partial charge in [-0.05, 0) is 12.3 Å². The van der Waals surface area contributed by atoms with Gasteiger partial charge in [-0.15, -0.1) is 0 Å². The van der Waals surface area contributed by atoms with Crippen LogP contribution in [-0.2, 0) is 7.05 Å². The normalized spacial score (nSPS) is 12.6. The number of nitrogens with one attached hydrogen (secondary N) is 1. The maximum Gasteiger partial charge on any atom is 0.290 e. The lowest BCUT2D eigenvalue weighted by molar-refractivity contribution is 0.0894. The van der Waals surface area contributed by atoms with Gasteiger partial charge in [-0.1, -0.05) is 32.3 Å². The lowest BCUT2D eigenvalue weighted by Crippen LogP contribution is -2.30. The third-order valence-corrected chi connectivity index (χ3v) is 3.40. The summed E-state index contributed by atoms with van der Waals surface area (Å²) in [6.45, 7) is 6.09. The van der Waals surface area contributed by atoms with E-state index in [0.717, 1.165) is 24.4 Å². The van der Waals surface area contributed by atoms with Crippen molar-refractivity contribution in [1.82, 2.24) is 20.0 Å². The monoisotopic (exact) mass is 290 g/mol. The van der Waals surface area contributed by atoms with Gasteiger partial charge < -0.3 is 14.4 Å². The minimum absolute atomic E-state index is 0.130. The quantitative estimate of drug-likeness (QED) is 0.887. The van der Waals surface area contributed by atoms with Gasteiger partial charge in [0.15, 0.2) is 0 Å². The Kier molecular flexibility index (Phi) is 4.77.